The van der Waals surface area contributed by atoms with Crippen molar-refractivity contribution in [1.29, 1.82) is 0 Å². The normalized spacial score (nSPS) is 11.6. The van der Waals surface area contributed by atoms with Gasteiger partial charge < -0.3 is 0 Å². The molecule has 0 bridgehead atoms. The SMILES string of the molecule is Cc1cc(NS(=O)(=O)c2ccc(C)s2)n[nH]1. The zero-order chi connectivity index (χ0) is 11.8. The number of hydrogen-bond acceptors (Lipinski definition) is 4. The van der Waals surface area contributed by atoms with E-state index >= 15 is 0 Å². The fraction of sp³-hybridized carbons (Fsp3) is 0.222. The molecular weight excluding hydrogens is 246 g/mol. The van der Waals surface area contributed by atoms with Gasteiger partial charge in [-0.3, -0.25) is 9.82 Å². The Morgan fingerprint density at radius 1 is 1.38 bits per heavy atom. The molecule has 2 aromatic heterocycles. The van der Waals surface area contributed by atoms with Crippen molar-refractivity contribution in [3.8, 4) is 0 Å². The highest BCUT2D eigenvalue weighted by Crippen LogP contribution is 2.22. The van der Waals surface area contributed by atoms with Gasteiger partial charge in [-0.2, -0.15) is 5.10 Å². The van der Waals surface area contributed by atoms with Crippen LogP contribution in [0.4, 0.5) is 5.82 Å². The van der Waals surface area contributed by atoms with Crippen molar-refractivity contribution in [3.63, 3.8) is 0 Å². The van der Waals surface area contributed by atoms with E-state index in [9.17, 15) is 8.42 Å². The quantitative estimate of drug-likeness (QED) is 0.881. The average Bonchev–Trinajstić information content (AvgIpc) is 2.75. The van der Waals surface area contributed by atoms with E-state index in [1.54, 1.807) is 25.1 Å². The Kier molecular flexibility index (Phi) is 2.73. The molecule has 0 amide bonds. The first-order chi connectivity index (χ1) is 7.47. The summed E-state index contributed by atoms with van der Waals surface area (Å²) in [5.74, 6) is 0.309. The monoisotopic (exact) mass is 257 g/mol. The molecule has 2 rings (SSSR count). The molecule has 0 radical (unpaired) electrons. The number of thiophene rings is 1. The van der Waals surface area contributed by atoms with Crippen molar-refractivity contribution in [2.75, 3.05) is 4.72 Å². The lowest BCUT2D eigenvalue weighted by atomic mass is 10.5. The zero-order valence-electron chi connectivity index (χ0n) is 8.81. The smallest absolute Gasteiger partial charge is 0.272 e. The predicted molar refractivity (Wildman–Crippen MR) is 63.2 cm³/mol. The van der Waals surface area contributed by atoms with Crippen molar-refractivity contribution in [1.82, 2.24) is 10.2 Å². The lowest BCUT2D eigenvalue weighted by Gasteiger charge is -2.01. The molecule has 2 N–H and O–H groups in total. The number of anilines is 1. The van der Waals surface area contributed by atoms with Gasteiger partial charge in [-0.15, -0.1) is 11.3 Å². The molecule has 0 saturated carbocycles. The first kappa shape index (κ1) is 11.2. The molecule has 7 heteroatoms. The van der Waals surface area contributed by atoms with E-state index in [-0.39, 0.29) is 0 Å². The highest BCUT2D eigenvalue weighted by Gasteiger charge is 2.17. The van der Waals surface area contributed by atoms with Gasteiger partial charge in [0, 0.05) is 16.6 Å². The molecule has 2 heterocycles. The Bertz CT molecular complexity index is 598. The molecule has 0 aliphatic carbocycles. The second kappa shape index (κ2) is 3.91. The van der Waals surface area contributed by atoms with E-state index in [2.05, 4.69) is 14.9 Å². The van der Waals surface area contributed by atoms with Crippen LogP contribution in [0, 0.1) is 13.8 Å². The Labute approximate surface area is 97.6 Å². The maximum absolute atomic E-state index is 11.9. The summed E-state index contributed by atoms with van der Waals surface area (Å²) in [5, 5.41) is 6.50. The first-order valence-electron chi connectivity index (χ1n) is 4.59. The van der Waals surface area contributed by atoms with Crippen LogP contribution in [0.3, 0.4) is 0 Å². The topological polar surface area (TPSA) is 74.8 Å². The van der Waals surface area contributed by atoms with E-state index in [4.69, 9.17) is 0 Å². The molecular formula is C9H11N3O2S2. The molecule has 0 aliphatic rings. The molecule has 0 spiro atoms. The maximum Gasteiger partial charge on any atom is 0.272 e. The van der Waals surface area contributed by atoms with E-state index in [1.165, 1.54) is 11.3 Å². The third-order valence-corrected chi connectivity index (χ3v) is 4.77. The minimum absolute atomic E-state index is 0.297. The Morgan fingerprint density at radius 3 is 2.62 bits per heavy atom. The van der Waals surface area contributed by atoms with Crippen LogP contribution in [0.5, 0.6) is 0 Å². The van der Waals surface area contributed by atoms with Crippen LogP contribution in [-0.2, 0) is 10.0 Å². The second-order valence-electron chi connectivity index (χ2n) is 3.41. The van der Waals surface area contributed by atoms with Gasteiger partial charge in [0.05, 0.1) is 0 Å². The third-order valence-electron chi connectivity index (χ3n) is 1.93. The van der Waals surface area contributed by atoms with Crippen LogP contribution < -0.4 is 4.72 Å². The number of aromatic nitrogens is 2. The molecule has 0 aliphatic heterocycles. The number of sulfonamides is 1. The Balaban J connectivity index is 2.27. The van der Waals surface area contributed by atoms with E-state index in [1.807, 2.05) is 6.92 Å². The minimum Gasteiger partial charge on any atom is -0.281 e. The van der Waals surface area contributed by atoms with Crippen molar-refractivity contribution in [2.45, 2.75) is 18.1 Å². The lowest BCUT2D eigenvalue weighted by molar-refractivity contribution is 0.603. The zero-order valence-corrected chi connectivity index (χ0v) is 10.4. The second-order valence-corrected chi connectivity index (χ2v) is 6.60. The molecule has 0 saturated heterocycles. The number of hydrogen-bond donors (Lipinski definition) is 2. The predicted octanol–water partition coefficient (Wildman–Crippen LogP) is 1.89. The van der Waals surface area contributed by atoms with Gasteiger partial charge in [0.2, 0.25) is 0 Å². The highest BCUT2D eigenvalue weighted by molar-refractivity contribution is 7.94. The summed E-state index contributed by atoms with van der Waals surface area (Å²) in [6.45, 7) is 3.67. The molecule has 0 aromatic carbocycles. The van der Waals surface area contributed by atoms with Gasteiger partial charge in [-0.25, -0.2) is 8.42 Å². The standard InChI is InChI=1S/C9H11N3O2S2/c1-6-5-8(11-10-6)12-16(13,14)9-4-3-7(2)15-9/h3-5H,1-2H3,(H2,10,11,12). The van der Waals surface area contributed by atoms with Gasteiger partial charge in [-0.1, -0.05) is 0 Å². The first-order valence-corrected chi connectivity index (χ1v) is 6.88. The number of rotatable bonds is 3. The van der Waals surface area contributed by atoms with Crippen LogP contribution in [0.25, 0.3) is 0 Å². The molecule has 2 aromatic rings. The van der Waals surface area contributed by atoms with Crippen molar-refractivity contribution in [3.05, 3.63) is 28.8 Å². The van der Waals surface area contributed by atoms with Crippen molar-refractivity contribution >= 4 is 27.2 Å². The van der Waals surface area contributed by atoms with E-state index in [0.717, 1.165) is 10.6 Å². The molecule has 5 nitrogen and oxygen atoms in total. The summed E-state index contributed by atoms with van der Waals surface area (Å²) in [4.78, 5) is 0.957. The molecule has 0 fully saturated rings. The highest BCUT2D eigenvalue weighted by atomic mass is 32.2. The van der Waals surface area contributed by atoms with Gasteiger partial charge in [0.1, 0.15) is 4.21 Å². The van der Waals surface area contributed by atoms with Crippen LogP contribution in [0.2, 0.25) is 0 Å². The molecule has 0 unspecified atom stereocenters. The summed E-state index contributed by atoms with van der Waals surface area (Å²) >= 11 is 1.23. The molecule has 16 heavy (non-hydrogen) atoms. The van der Waals surface area contributed by atoms with Gasteiger partial charge >= 0.3 is 0 Å². The van der Waals surface area contributed by atoms with Crippen LogP contribution >= 0.6 is 11.3 Å². The van der Waals surface area contributed by atoms with Crippen molar-refractivity contribution < 1.29 is 8.42 Å². The minimum atomic E-state index is -3.49. The maximum atomic E-state index is 11.9. The largest absolute Gasteiger partial charge is 0.281 e. The summed E-state index contributed by atoms with van der Waals surface area (Å²) in [5.41, 5.74) is 0.806. The van der Waals surface area contributed by atoms with Crippen LogP contribution in [0.15, 0.2) is 22.4 Å². The fourth-order valence-electron chi connectivity index (χ4n) is 1.21. The fourth-order valence-corrected chi connectivity index (χ4v) is 3.49. The number of aromatic amines is 1. The average molecular weight is 257 g/mol. The summed E-state index contributed by atoms with van der Waals surface area (Å²) in [6.07, 6.45) is 0. The summed E-state index contributed by atoms with van der Waals surface area (Å²) in [6, 6.07) is 4.99. The Hall–Kier alpha value is -1.34. The lowest BCUT2D eigenvalue weighted by Crippen LogP contribution is -2.11. The van der Waals surface area contributed by atoms with E-state index < -0.39 is 10.0 Å². The number of nitrogens with zero attached hydrogens (tertiary/aromatic N) is 1. The molecule has 0 atom stereocenters. The van der Waals surface area contributed by atoms with Gasteiger partial charge in [0.25, 0.3) is 10.0 Å². The number of H-pyrrole nitrogens is 1. The van der Waals surface area contributed by atoms with Crippen LogP contribution in [0.1, 0.15) is 10.6 Å². The molecule has 86 valence electrons. The summed E-state index contributed by atoms with van der Waals surface area (Å²) in [7, 11) is -3.49. The van der Waals surface area contributed by atoms with Gasteiger partial charge in [-0.05, 0) is 26.0 Å². The van der Waals surface area contributed by atoms with Gasteiger partial charge in [0.15, 0.2) is 5.82 Å². The Morgan fingerprint density at radius 2 is 2.12 bits per heavy atom. The number of nitrogens with one attached hydrogen (secondary N) is 2. The summed E-state index contributed by atoms with van der Waals surface area (Å²) < 4.78 is 26.4. The van der Waals surface area contributed by atoms with Crippen LogP contribution in [-0.4, -0.2) is 18.6 Å². The van der Waals surface area contributed by atoms with Crippen molar-refractivity contribution in [2.24, 2.45) is 0 Å². The number of aryl methyl sites for hydroxylation is 2. The third kappa shape index (κ3) is 2.25. The van der Waals surface area contributed by atoms with E-state index in [0.29, 0.717) is 10.0 Å².